The monoisotopic (exact) mass is 656 g/mol. The molecule has 0 saturated heterocycles. The Morgan fingerprint density at radius 2 is 0.688 bits per heavy atom. The van der Waals surface area contributed by atoms with Gasteiger partial charge in [0.2, 0.25) is 0 Å². The van der Waals surface area contributed by atoms with Crippen molar-refractivity contribution in [3.63, 3.8) is 0 Å². The molecule has 3 rings (SSSR count). The topological polar surface area (TPSA) is 31.4 Å². The number of hydrogen-bond acceptors (Lipinski definition) is 3. The molecule has 48 heavy (non-hydrogen) atoms. The third kappa shape index (κ3) is 18.1. The van der Waals surface area contributed by atoms with Crippen molar-refractivity contribution >= 4 is 0 Å². The first-order valence-electron chi connectivity index (χ1n) is 20.2. The first kappa shape index (κ1) is 39.6. The molecule has 0 N–H and O–H groups in total. The normalized spacial score (nSPS) is 11.2. The predicted octanol–water partition coefficient (Wildman–Crippen LogP) is 14.6. The second-order valence-electron chi connectivity index (χ2n) is 14.0. The summed E-state index contributed by atoms with van der Waals surface area (Å²) >= 11 is 0. The standard InChI is InChI=1S/C45H69NO2/c1-3-5-7-9-11-13-15-17-19-21-23-25-37-47-43-32-27-40(28-33-43)42-31-36-45(46-39-42)41-29-34-44(35-30-41)48-38-26-24-22-20-18-16-14-12-10-8-6-4-2/h27-36,39H,3-26,37-38H2,1-2H3. The molecule has 0 amide bonds. The van der Waals surface area contributed by atoms with Crippen LogP contribution in [-0.2, 0) is 0 Å². The molecule has 0 saturated carbocycles. The van der Waals surface area contributed by atoms with Gasteiger partial charge in [-0.15, -0.1) is 0 Å². The summed E-state index contributed by atoms with van der Waals surface area (Å²) in [6.07, 6.45) is 34.7. The number of rotatable bonds is 30. The lowest BCUT2D eigenvalue weighted by Crippen LogP contribution is -1.97. The second-order valence-corrected chi connectivity index (χ2v) is 14.0. The quantitative estimate of drug-likeness (QED) is 0.0670. The molecule has 0 atom stereocenters. The number of unbranched alkanes of at least 4 members (excludes halogenated alkanes) is 22. The molecule has 2 aromatic carbocycles. The predicted molar refractivity (Wildman–Crippen MR) is 208 cm³/mol. The van der Waals surface area contributed by atoms with Crippen molar-refractivity contribution in [1.29, 1.82) is 0 Å². The molecule has 0 aliphatic heterocycles. The van der Waals surface area contributed by atoms with E-state index in [1.165, 1.54) is 141 Å². The Morgan fingerprint density at radius 1 is 0.354 bits per heavy atom. The molecular weight excluding hydrogens is 587 g/mol. The summed E-state index contributed by atoms with van der Waals surface area (Å²) < 4.78 is 12.0. The highest BCUT2D eigenvalue weighted by atomic mass is 16.5. The lowest BCUT2D eigenvalue weighted by atomic mass is 10.1. The van der Waals surface area contributed by atoms with Crippen molar-refractivity contribution in [2.24, 2.45) is 0 Å². The molecule has 1 aromatic heterocycles. The molecule has 0 radical (unpaired) electrons. The van der Waals surface area contributed by atoms with Crippen molar-refractivity contribution in [2.75, 3.05) is 13.2 Å². The van der Waals surface area contributed by atoms with Gasteiger partial charge in [0, 0.05) is 17.3 Å². The first-order valence-corrected chi connectivity index (χ1v) is 20.2. The van der Waals surface area contributed by atoms with Gasteiger partial charge in [-0.3, -0.25) is 4.98 Å². The van der Waals surface area contributed by atoms with Crippen LogP contribution in [-0.4, -0.2) is 18.2 Å². The molecule has 3 aromatic rings. The highest BCUT2D eigenvalue weighted by molar-refractivity contribution is 5.67. The van der Waals surface area contributed by atoms with Crippen molar-refractivity contribution in [1.82, 2.24) is 4.98 Å². The third-order valence-electron chi connectivity index (χ3n) is 9.63. The van der Waals surface area contributed by atoms with Crippen molar-refractivity contribution in [3.8, 4) is 33.9 Å². The summed E-state index contributed by atoms with van der Waals surface area (Å²) in [7, 11) is 0. The number of ether oxygens (including phenoxy) is 2. The number of hydrogen-bond donors (Lipinski definition) is 0. The highest BCUT2D eigenvalue weighted by Gasteiger charge is 2.04. The molecule has 0 unspecified atom stereocenters. The van der Waals surface area contributed by atoms with E-state index in [0.717, 1.165) is 59.9 Å². The lowest BCUT2D eigenvalue weighted by molar-refractivity contribution is 0.304. The molecule has 3 nitrogen and oxygen atoms in total. The third-order valence-corrected chi connectivity index (χ3v) is 9.63. The SMILES string of the molecule is CCCCCCCCCCCCCCOc1ccc(-c2ccc(-c3ccc(OCCCCCCCCCCCCCC)cc3)nc2)cc1. The Kier molecular flexibility index (Phi) is 22.3. The lowest BCUT2D eigenvalue weighted by Gasteiger charge is -2.09. The number of pyridine rings is 1. The zero-order valence-electron chi connectivity index (χ0n) is 31.0. The first-order chi connectivity index (χ1) is 23.8. The zero-order valence-corrected chi connectivity index (χ0v) is 31.0. The zero-order chi connectivity index (χ0) is 33.7. The van der Waals surface area contributed by atoms with E-state index in [2.05, 4.69) is 74.5 Å². The van der Waals surface area contributed by atoms with Crippen LogP contribution in [0.15, 0.2) is 66.9 Å². The Balaban J connectivity index is 1.23. The maximum atomic E-state index is 6.02. The van der Waals surface area contributed by atoms with Crippen LogP contribution in [0.5, 0.6) is 11.5 Å². The van der Waals surface area contributed by atoms with Gasteiger partial charge in [-0.2, -0.15) is 0 Å². The molecule has 3 heteroatoms. The van der Waals surface area contributed by atoms with E-state index in [0.29, 0.717) is 0 Å². The van der Waals surface area contributed by atoms with E-state index >= 15 is 0 Å². The minimum absolute atomic E-state index is 0.799. The largest absolute Gasteiger partial charge is 0.494 e. The van der Waals surface area contributed by atoms with E-state index in [4.69, 9.17) is 14.5 Å². The molecule has 0 fully saturated rings. The van der Waals surface area contributed by atoms with Gasteiger partial charge in [0.25, 0.3) is 0 Å². The van der Waals surface area contributed by atoms with Crippen LogP contribution in [0.3, 0.4) is 0 Å². The van der Waals surface area contributed by atoms with Gasteiger partial charge < -0.3 is 9.47 Å². The molecular formula is C45H69NO2. The average Bonchev–Trinajstić information content (AvgIpc) is 3.13. The van der Waals surface area contributed by atoms with Gasteiger partial charge in [-0.25, -0.2) is 0 Å². The number of aromatic nitrogens is 1. The summed E-state index contributed by atoms with van der Waals surface area (Å²) in [6, 6.07) is 21.1. The highest BCUT2D eigenvalue weighted by Crippen LogP contribution is 2.26. The fraction of sp³-hybridized carbons (Fsp3) is 0.622. The average molecular weight is 656 g/mol. The minimum atomic E-state index is 0.799. The Hall–Kier alpha value is -2.81. The maximum absolute atomic E-state index is 6.02. The van der Waals surface area contributed by atoms with E-state index in [1.807, 2.05) is 6.20 Å². The van der Waals surface area contributed by atoms with Gasteiger partial charge in [-0.1, -0.05) is 173 Å². The van der Waals surface area contributed by atoms with Gasteiger partial charge in [0.05, 0.1) is 18.9 Å². The fourth-order valence-electron chi connectivity index (χ4n) is 6.47. The van der Waals surface area contributed by atoms with Crippen molar-refractivity contribution in [2.45, 2.75) is 168 Å². The van der Waals surface area contributed by atoms with Crippen LogP contribution in [0.1, 0.15) is 168 Å². The van der Waals surface area contributed by atoms with Crippen LogP contribution in [0.2, 0.25) is 0 Å². The molecule has 0 bridgehead atoms. The van der Waals surface area contributed by atoms with Crippen molar-refractivity contribution < 1.29 is 9.47 Å². The summed E-state index contributed by atoms with van der Waals surface area (Å²) in [5.41, 5.74) is 4.37. The summed E-state index contributed by atoms with van der Waals surface area (Å²) in [6.45, 7) is 6.18. The van der Waals surface area contributed by atoms with Crippen LogP contribution < -0.4 is 9.47 Å². The molecule has 0 aliphatic carbocycles. The van der Waals surface area contributed by atoms with E-state index < -0.39 is 0 Å². The van der Waals surface area contributed by atoms with E-state index in [1.54, 1.807) is 0 Å². The van der Waals surface area contributed by atoms with E-state index in [9.17, 15) is 0 Å². The molecule has 1 heterocycles. The van der Waals surface area contributed by atoms with Crippen LogP contribution in [0, 0.1) is 0 Å². The van der Waals surface area contributed by atoms with Gasteiger partial charge in [0.15, 0.2) is 0 Å². The smallest absolute Gasteiger partial charge is 0.119 e. The Morgan fingerprint density at radius 3 is 1.04 bits per heavy atom. The Bertz CT molecular complexity index is 1050. The number of benzene rings is 2. The summed E-state index contributed by atoms with van der Waals surface area (Å²) in [5, 5.41) is 0. The molecule has 0 aliphatic rings. The van der Waals surface area contributed by atoms with Gasteiger partial charge in [0.1, 0.15) is 11.5 Å². The fourth-order valence-corrected chi connectivity index (χ4v) is 6.47. The van der Waals surface area contributed by atoms with Crippen LogP contribution in [0.4, 0.5) is 0 Å². The van der Waals surface area contributed by atoms with Crippen LogP contribution in [0.25, 0.3) is 22.4 Å². The molecule has 0 spiro atoms. The van der Waals surface area contributed by atoms with Crippen molar-refractivity contribution in [3.05, 3.63) is 66.9 Å². The van der Waals surface area contributed by atoms with Gasteiger partial charge in [-0.05, 0) is 60.9 Å². The Labute approximate surface area is 295 Å². The summed E-state index contributed by atoms with van der Waals surface area (Å²) in [5.74, 6) is 1.90. The maximum Gasteiger partial charge on any atom is 0.119 e. The second kappa shape index (κ2) is 27.1. The van der Waals surface area contributed by atoms with Gasteiger partial charge >= 0.3 is 0 Å². The number of nitrogens with zero attached hydrogens (tertiary/aromatic N) is 1. The summed E-state index contributed by atoms with van der Waals surface area (Å²) in [4.78, 5) is 4.76. The van der Waals surface area contributed by atoms with Crippen LogP contribution >= 0.6 is 0 Å². The molecule has 266 valence electrons. The van der Waals surface area contributed by atoms with E-state index in [-0.39, 0.29) is 0 Å². The minimum Gasteiger partial charge on any atom is -0.494 e.